The van der Waals surface area contributed by atoms with E-state index in [-0.39, 0.29) is 11.3 Å². The van der Waals surface area contributed by atoms with Crippen molar-refractivity contribution < 1.29 is 4.79 Å². The first-order valence-electron chi connectivity index (χ1n) is 8.06. The fraction of sp³-hybridized carbons (Fsp3) is 0.938. The lowest BCUT2D eigenvalue weighted by Gasteiger charge is -2.31. The Balaban J connectivity index is 2.16. The number of amides is 1. The summed E-state index contributed by atoms with van der Waals surface area (Å²) in [5, 5.41) is 2.96. The number of nitrogens with two attached hydrogens (primary N) is 1. The Morgan fingerprint density at radius 1 is 1.30 bits per heavy atom. The van der Waals surface area contributed by atoms with Gasteiger partial charge in [0.25, 0.3) is 0 Å². The summed E-state index contributed by atoms with van der Waals surface area (Å²) in [6, 6.07) is 0.315. The minimum absolute atomic E-state index is 0.0298. The molecule has 0 saturated heterocycles. The van der Waals surface area contributed by atoms with E-state index in [0.717, 1.165) is 25.6 Å². The Kier molecular flexibility index (Phi) is 6.96. The van der Waals surface area contributed by atoms with Crippen molar-refractivity contribution in [3.63, 3.8) is 0 Å². The molecule has 0 bridgehead atoms. The monoisotopic (exact) mass is 283 g/mol. The average molecular weight is 283 g/mol. The molecule has 0 heterocycles. The molecule has 0 aliphatic heterocycles. The van der Waals surface area contributed by atoms with Crippen LogP contribution in [0.4, 0.5) is 0 Å². The van der Waals surface area contributed by atoms with Gasteiger partial charge < -0.3 is 16.0 Å². The molecule has 0 spiro atoms. The normalized spacial score (nSPS) is 19.1. The molecule has 1 aliphatic carbocycles. The Morgan fingerprint density at radius 2 is 1.90 bits per heavy atom. The lowest BCUT2D eigenvalue weighted by molar-refractivity contribution is -0.124. The second-order valence-corrected chi connectivity index (χ2v) is 7.26. The average Bonchev–Trinajstić information content (AvgIpc) is 2.42. The third kappa shape index (κ3) is 5.80. The summed E-state index contributed by atoms with van der Waals surface area (Å²) in [5.74, 6) is -0.0298. The van der Waals surface area contributed by atoms with Gasteiger partial charge in [0.05, 0.1) is 6.04 Å². The molecule has 0 radical (unpaired) electrons. The van der Waals surface area contributed by atoms with Gasteiger partial charge in [-0.05, 0) is 38.3 Å². The highest BCUT2D eigenvalue weighted by molar-refractivity contribution is 5.82. The molecule has 1 aliphatic rings. The number of rotatable bonds is 6. The Hall–Kier alpha value is -0.610. The van der Waals surface area contributed by atoms with Crippen LogP contribution < -0.4 is 11.1 Å². The third-order valence-electron chi connectivity index (χ3n) is 4.40. The van der Waals surface area contributed by atoms with Gasteiger partial charge in [0.1, 0.15) is 0 Å². The first-order chi connectivity index (χ1) is 9.32. The van der Waals surface area contributed by atoms with Gasteiger partial charge in [0.15, 0.2) is 0 Å². The number of hydrogen-bond acceptors (Lipinski definition) is 3. The number of carbonyl (C=O) groups is 1. The smallest absolute Gasteiger partial charge is 0.237 e. The molecule has 1 atom stereocenters. The van der Waals surface area contributed by atoms with Crippen LogP contribution in [0.2, 0.25) is 0 Å². The van der Waals surface area contributed by atoms with Gasteiger partial charge in [0, 0.05) is 12.6 Å². The van der Waals surface area contributed by atoms with E-state index in [1.807, 2.05) is 20.8 Å². The van der Waals surface area contributed by atoms with Crippen LogP contribution in [-0.4, -0.2) is 43.0 Å². The maximum absolute atomic E-state index is 11.9. The highest BCUT2D eigenvalue weighted by Crippen LogP contribution is 2.21. The fourth-order valence-electron chi connectivity index (χ4n) is 2.75. The van der Waals surface area contributed by atoms with Crippen molar-refractivity contribution in [2.75, 3.05) is 20.1 Å². The van der Waals surface area contributed by atoms with Gasteiger partial charge in [-0.25, -0.2) is 0 Å². The molecule has 0 aromatic rings. The molecule has 0 unspecified atom stereocenters. The Labute approximate surface area is 124 Å². The van der Waals surface area contributed by atoms with Crippen molar-refractivity contribution in [2.45, 2.75) is 71.4 Å². The summed E-state index contributed by atoms with van der Waals surface area (Å²) >= 11 is 0. The summed E-state index contributed by atoms with van der Waals surface area (Å²) in [6.07, 6.45) is 7.79. The number of nitrogens with zero attached hydrogens (tertiary/aromatic N) is 1. The largest absolute Gasteiger partial charge is 0.355 e. The summed E-state index contributed by atoms with van der Waals surface area (Å²) in [6.45, 7) is 7.76. The van der Waals surface area contributed by atoms with Crippen LogP contribution in [0.1, 0.15) is 59.3 Å². The predicted molar refractivity (Wildman–Crippen MR) is 84.6 cm³/mol. The minimum atomic E-state index is -0.432. The van der Waals surface area contributed by atoms with E-state index in [2.05, 4.69) is 17.3 Å². The lowest BCUT2D eigenvalue weighted by Crippen LogP contribution is -2.49. The van der Waals surface area contributed by atoms with Gasteiger partial charge in [0.2, 0.25) is 5.91 Å². The van der Waals surface area contributed by atoms with E-state index in [4.69, 9.17) is 5.73 Å². The van der Waals surface area contributed by atoms with Crippen LogP contribution in [0.3, 0.4) is 0 Å². The van der Waals surface area contributed by atoms with E-state index in [9.17, 15) is 4.79 Å². The molecule has 0 aromatic carbocycles. The zero-order chi connectivity index (χ0) is 15.2. The van der Waals surface area contributed by atoms with Crippen molar-refractivity contribution in [1.29, 1.82) is 0 Å². The van der Waals surface area contributed by atoms with E-state index in [1.165, 1.54) is 32.1 Å². The first-order valence-corrected chi connectivity index (χ1v) is 8.06. The molecule has 1 saturated carbocycles. The molecule has 0 aromatic heterocycles. The second kappa shape index (κ2) is 7.99. The number of carbonyl (C=O) groups excluding carboxylic acids is 1. The summed E-state index contributed by atoms with van der Waals surface area (Å²) in [5.41, 5.74) is 5.75. The van der Waals surface area contributed by atoms with Crippen molar-refractivity contribution >= 4 is 5.91 Å². The van der Waals surface area contributed by atoms with Crippen LogP contribution >= 0.6 is 0 Å². The highest BCUT2D eigenvalue weighted by Gasteiger charge is 2.27. The van der Waals surface area contributed by atoms with Gasteiger partial charge in [-0.1, -0.05) is 40.0 Å². The molecule has 4 heteroatoms. The predicted octanol–water partition coefficient (Wildman–Crippen LogP) is 2.13. The van der Waals surface area contributed by atoms with Crippen molar-refractivity contribution in [2.24, 2.45) is 11.1 Å². The number of hydrogen-bond donors (Lipinski definition) is 2. The van der Waals surface area contributed by atoms with Gasteiger partial charge in [-0.3, -0.25) is 4.79 Å². The Bertz CT molecular complexity index is 293. The molecular weight excluding hydrogens is 250 g/mol. The molecule has 1 amide bonds. The summed E-state index contributed by atoms with van der Waals surface area (Å²) in [7, 11) is 2.21. The summed E-state index contributed by atoms with van der Waals surface area (Å²) in [4.78, 5) is 14.3. The van der Waals surface area contributed by atoms with E-state index in [1.54, 1.807) is 0 Å². The van der Waals surface area contributed by atoms with Gasteiger partial charge in [-0.15, -0.1) is 0 Å². The van der Waals surface area contributed by atoms with Crippen molar-refractivity contribution in [3.05, 3.63) is 0 Å². The molecule has 3 N–H and O–H groups in total. The molecule has 20 heavy (non-hydrogen) atoms. The zero-order valence-electron chi connectivity index (χ0n) is 13.7. The molecule has 118 valence electrons. The van der Waals surface area contributed by atoms with E-state index in [0.29, 0.717) is 0 Å². The van der Waals surface area contributed by atoms with Crippen LogP contribution in [0, 0.1) is 5.41 Å². The van der Waals surface area contributed by atoms with Crippen LogP contribution in [-0.2, 0) is 4.79 Å². The topological polar surface area (TPSA) is 58.4 Å². The van der Waals surface area contributed by atoms with E-state index < -0.39 is 6.04 Å². The maximum Gasteiger partial charge on any atom is 0.237 e. The quantitative estimate of drug-likeness (QED) is 0.734. The molecule has 4 nitrogen and oxygen atoms in total. The minimum Gasteiger partial charge on any atom is -0.355 e. The molecule has 1 rings (SSSR count). The molecule has 1 fully saturated rings. The standard InChI is InChI=1S/C16H33N3O/c1-16(2,3)14(17)15(20)18-11-8-12-19(4)13-9-6-5-7-10-13/h13-14H,5-12,17H2,1-4H3,(H,18,20)/t14-/m1/s1. The SMILES string of the molecule is CN(CCCNC(=O)[C@@H](N)C(C)(C)C)C1CCCCC1. The maximum atomic E-state index is 11.9. The lowest BCUT2D eigenvalue weighted by atomic mass is 9.87. The second-order valence-electron chi connectivity index (χ2n) is 7.26. The summed E-state index contributed by atoms with van der Waals surface area (Å²) < 4.78 is 0. The first kappa shape index (κ1) is 17.4. The Morgan fingerprint density at radius 3 is 2.45 bits per heavy atom. The van der Waals surface area contributed by atoms with E-state index >= 15 is 0 Å². The van der Waals surface area contributed by atoms with Crippen molar-refractivity contribution in [1.82, 2.24) is 10.2 Å². The highest BCUT2D eigenvalue weighted by atomic mass is 16.2. The fourth-order valence-corrected chi connectivity index (χ4v) is 2.75. The van der Waals surface area contributed by atoms with Gasteiger partial charge >= 0.3 is 0 Å². The molecular formula is C16H33N3O. The van der Waals surface area contributed by atoms with Gasteiger partial charge in [-0.2, -0.15) is 0 Å². The van der Waals surface area contributed by atoms with Crippen LogP contribution in [0.25, 0.3) is 0 Å². The number of nitrogens with one attached hydrogen (secondary N) is 1. The van der Waals surface area contributed by atoms with Crippen molar-refractivity contribution in [3.8, 4) is 0 Å². The van der Waals surface area contributed by atoms with Crippen LogP contribution in [0.15, 0.2) is 0 Å². The zero-order valence-corrected chi connectivity index (χ0v) is 13.7. The van der Waals surface area contributed by atoms with Crippen LogP contribution in [0.5, 0.6) is 0 Å². The third-order valence-corrected chi connectivity index (χ3v) is 4.40.